The second-order valence-electron chi connectivity index (χ2n) is 4.85. The number of hydrogen-bond donors (Lipinski definition) is 1. The molecule has 0 aliphatic rings. The van der Waals surface area contributed by atoms with Gasteiger partial charge in [-0.15, -0.1) is 0 Å². The Kier molecular flexibility index (Phi) is 4.25. The molecule has 118 valence electrons. The molecule has 3 rings (SSSR count). The lowest BCUT2D eigenvalue weighted by Crippen LogP contribution is -1.97. The topological polar surface area (TPSA) is 79.5 Å². The molecule has 0 saturated heterocycles. The summed E-state index contributed by atoms with van der Waals surface area (Å²) >= 11 is 0. The average Bonchev–Trinajstić information content (AvgIpc) is 2.61. The number of benzene rings is 2. The third-order valence-electron chi connectivity index (χ3n) is 3.48. The van der Waals surface area contributed by atoms with Crippen molar-refractivity contribution in [3.63, 3.8) is 0 Å². The Labute approximate surface area is 133 Å². The van der Waals surface area contributed by atoms with E-state index >= 15 is 0 Å². The summed E-state index contributed by atoms with van der Waals surface area (Å²) in [6, 6.07) is 11.1. The molecule has 0 aliphatic heterocycles. The highest BCUT2D eigenvalue weighted by molar-refractivity contribution is 5.86. The fraction of sp³-hybridized carbons (Fsp3) is 0.176. The molecular weight excluding hydrogens is 294 g/mol. The summed E-state index contributed by atoms with van der Waals surface area (Å²) in [6.07, 6.45) is 1.46. The number of hydrogen-bond acceptors (Lipinski definition) is 6. The van der Waals surface area contributed by atoms with Crippen LogP contribution in [0, 0.1) is 0 Å². The van der Waals surface area contributed by atoms with Crippen molar-refractivity contribution in [1.82, 2.24) is 9.97 Å². The molecule has 0 aliphatic carbocycles. The van der Waals surface area contributed by atoms with Crippen molar-refractivity contribution in [3.05, 3.63) is 48.3 Å². The lowest BCUT2D eigenvalue weighted by Gasteiger charge is -2.11. The molecule has 1 aromatic heterocycles. The van der Waals surface area contributed by atoms with E-state index in [-0.39, 0.29) is 0 Å². The predicted molar refractivity (Wildman–Crippen MR) is 87.0 cm³/mol. The average molecular weight is 311 g/mol. The molecule has 0 saturated carbocycles. The van der Waals surface area contributed by atoms with E-state index < -0.39 is 0 Å². The van der Waals surface area contributed by atoms with Crippen LogP contribution in [-0.4, -0.2) is 24.2 Å². The van der Waals surface area contributed by atoms with Crippen LogP contribution < -0.4 is 19.9 Å². The first-order valence-electron chi connectivity index (χ1n) is 7.08. The van der Waals surface area contributed by atoms with E-state index in [1.165, 1.54) is 6.33 Å². The van der Waals surface area contributed by atoms with Gasteiger partial charge in [-0.05, 0) is 23.8 Å². The lowest BCUT2D eigenvalue weighted by molar-refractivity contribution is 0.355. The van der Waals surface area contributed by atoms with Crippen LogP contribution in [0.2, 0.25) is 0 Å². The van der Waals surface area contributed by atoms with Crippen molar-refractivity contribution in [2.75, 3.05) is 14.2 Å². The number of ether oxygens (including phenoxy) is 3. The van der Waals surface area contributed by atoms with E-state index in [1.807, 2.05) is 24.3 Å². The van der Waals surface area contributed by atoms with E-state index in [2.05, 4.69) is 9.97 Å². The Bertz CT molecular complexity index is 819. The van der Waals surface area contributed by atoms with Crippen LogP contribution in [0.1, 0.15) is 5.56 Å². The molecule has 0 atom stereocenters. The van der Waals surface area contributed by atoms with Crippen LogP contribution in [0.4, 0.5) is 0 Å². The van der Waals surface area contributed by atoms with Crippen LogP contribution in [0.5, 0.6) is 23.1 Å². The maximum atomic E-state index is 5.88. The highest BCUT2D eigenvalue weighted by atomic mass is 16.5. The number of fused-ring (bicyclic) bond motifs is 1. The van der Waals surface area contributed by atoms with Crippen molar-refractivity contribution in [3.8, 4) is 23.1 Å². The molecule has 23 heavy (non-hydrogen) atoms. The summed E-state index contributed by atoms with van der Waals surface area (Å²) in [7, 11) is 3.17. The minimum atomic E-state index is 0.455. The van der Waals surface area contributed by atoms with Gasteiger partial charge in [0, 0.05) is 12.6 Å². The zero-order valence-electron chi connectivity index (χ0n) is 12.9. The van der Waals surface area contributed by atoms with E-state index in [1.54, 1.807) is 26.4 Å². The molecule has 1 heterocycles. The Morgan fingerprint density at radius 3 is 2.30 bits per heavy atom. The van der Waals surface area contributed by atoms with Crippen LogP contribution >= 0.6 is 0 Å². The van der Waals surface area contributed by atoms with E-state index in [0.29, 0.717) is 35.2 Å². The van der Waals surface area contributed by atoms with Crippen molar-refractivity contribution < 1.29 is 14.2 Å². The van der Waals surface area contributed by atoms with Crippen LogP contribution in [-0.2, 0) is 6.54 Å². The molecule has 6 nitrogen and oxygen atoms in total. The van der Waals surface area contributed by atoms with Gasteiger partial charge in [0.1, 0.15) is 12.1 Å². The Balaban J connectivity index is 2.02. The molecule has 2 N–H and O–H groups in total. The molecule has 2 aromatic carbocycles. The summed E-state index contributed by atoms with van der Waals surface area (Å²) in [4.78, 5) is 8.47. The number of nitrogens with zero attached hydrogens (tertiary/aromatic N) is 2. The maximum absolute atomic E-state index is 5.88. The van der Waals surface area contributed by atoms with Crippen molar-refractivity contribution in [2.24, 2.45) is 5.73 Å². The van der Waals surface area contributed by atoms with Gasteiger partial charge < -0.3 is 19.9 Å². The molecule has 0 spiro atoms. The lowest BCUT2D eigenvalue weighted by atomic mass is 10.2. The summed E-state index contributed by atoms with van der Waals surface area (Å²) in [6.45, 7) is 0.494. The van der Waals surface area contributed by atoms with Gasteiger partial charge in [-0.25, -0.2) is 9.97 Å². The number of aromatic nitrogens is 2. The van der Waals surface area contributed by atoms with Gasteiger partial charge >= 0.3 is 0 Å². The number of methoxy groups -OCH3 is 2. The number of nitrogens with two attached hydrogens (primary N) is 1. The van der Waals surface area contributed by atoms with Gasteiger partial charge in [-0.3, -0.25) is 0 Å². The van der Waals surface area contributed by atoms with Gasteiger partial charge in [0.05, 0.1) is 25.1 Å². The molecule has 0 unspecified atom stereocenters. The van der Waals surface area contributed by atoms with Gasteiger partial charge in [-0.2, -0.15) is 0 Å². The minimum absolute atomic E-state index is 0.455. The monoisotopic (exact) mass is 311 g/mol. The second kappa shape index (κ2) is 6.50. The van der Waals surface area contributed by atoms with Gasteiger partial charge in [0.25, 0.3) is 0 Å². The van der Waals surface area contributed by atoms with Gasteiger partial charge in [0.2, 0.25) is 5.88 Å². The SMILES string of the molecule is COc1cc2ncnc(Oc3ccc(CN)cc3)c2cc1OC. The van der Waals surface area contributed by atoms with E-state index in [4.69, 9.17) is 19.9 Å². The Hall–Kier alpha value is -2.86. The first-order valence-corrected chi connectivity index (χ1v) is 7.08. The standard InChI is InChI=1S/C17H17N3O3/c1-21-15-7-13-14(8-16(15)22-2)19-10-20-17(13)23-12-5-3-11(9-18)4-6-12/h3-8,10H,9,18H2,1-2H3. The summed E-state index contributed by atoms with van der Waals surface area (Å²) in [5.74, 6) is 2.34. The molecule has 3 aromatic rings. The third-order valence-corrected chi connectivity index (χ3v) is 3.48. The molecule has 0 bridgehead atoms. The zero-order chi connectivity index (χ0) is 16.2. The molecular formula is C17H17N3O3. The summed E-state index contributed by atoms with van der Waals surface area (Å²) in [5, 5.41) is 0.744. The first-order chi connectivity index (χ1) is 11.2. The maximum Gasteiger partial charge on any atom is 0.230 e. The van der Waals surface area contributed by atoms with Crippen molar-refractivity contribution in [2.45, 2.75) is 6.54 Å². The quantitative estimate of drug-likeness (QED) is 0.780. The Morgan fingerprint density at radius 1 is 0.957 bits per heavy atom. The summed E-state index contributed by atoms with van der Waals surface area (Å²) < 4.78 is 16.5. The van der Waals surface area contributed by atoms with Crippen LogP contribution in [0.15, 0.2) is 42.7 Å². The van der Waals surface area contributed by atoms with Crippen LogP contribution in [0.3, 0.4) is 0 Å². The normalized spacial score (nSPS) is 10.6. The number of rotatable bonds is 5. The first kappa shape index (κ1) is 15.1. The molecule has 0 radical (unpaired) electrons. The van der Waals surface area contributed by atoms with E-state index in [9.17, 15) is 0 Å². The fourth-order valence-electron chi connectivity index (χ4n) is 2.25. The van der Waals surface area contributed by atoms with Gasteiger partial charge in [0.15, 0.2) is 11.5 Å². The largest absolute Gasteiger partial charge is 0.493 e. The van der Waals surface area contributed by atoms with Crippen LogP contribution in [0.25, 0.3) is 10.9 Å². The smallest absolute Gasteiger partial charge is 0.230 e. The zero-order valence-corrected chi connectivity index (χ0v) is 12.9. The molecule has 0 fully saturated rings. The third kappa shape index (κ3) is 3.02. The highest BCUT2D eigenvalue weighted by Gasteiger charge is 2.12. The minimum Gasteiger partial charge on any atom is -0.493 e. The fourth-order valence-corrected chi connectivity index (χ4v) is 2.25. The van der Waals surface area contributed by atoms with Crippen molar-refractivity contribution >= 4 is 10.9 Å². The Morgan fingerprint density at radius 2 is 1.65 bits per heavy atom. The molecule has 0 amide bonds. The van der Waals surface area contributed by atoms with E-state index in [0.717, 1.165) is 10.9 Å². The van der Waals surface area contributed by atoms with Gasteiger partial charge in [-0.1, -0.05) is 12.1 Å². The predicted octanol–water partition coefficient (Wildman–Crippen LogP) is 2.90. The highest BCUT2D eigenvalue weighted by Crippen LogP contribution is 2.35. The summed E-state index contributed by atoms with van der Waals surface area (Å²) in [5.41, 5.74) is 7.35. The van der Waals surface area contributed by atoms with Crippen molar-refractivity contribution in [1.29, 1.82) is 0 Å². The second-order valence-corrected chi connectivity index (χ2v) is 4.85. The molecule has 6 heteroatoms.